The summed E-state index contributed by atoms with van der Waals surface area (Å²) in [5.74, 6) is 1.99. The quantitative estimate of drug-likeness (QED) is 0.723. The van der Waals surface area contributed by atoms with Crippen LogP contribution >= 0.6 is 39.3 Å². The Balaban J connectivity index is 2.72. The van der Waals surface area contributed by atoms with E-state index in [1.807, 2.05) is 6.92 Å². The summed E-state index contributed by atoms with van der Waals surface area (Å²) in [4.78, 5) is 0.221. The predicted molar refractivity (Wildman–Crippen MR) is 86.6 cm³/mol. The summed E-state index contributed by atoms with van der Waals surface area (Å²) < 4.78 is 27.6. The lowest BCUT2D eigenvalue weighted by molar-refractivity contribution is 0.557. The van der Waals surface area contributed by atoms with Crippen LogP contribution in [0.2, 0.25) is 5.02 Å². The summed E-state index contributed by atoms with van der Waals surface area (Å²) in [5.41, 5.74) is 0. The van der Waals surface area contributed by atoms with E-state index in [0.717, 1.165) is 17.9 Å². The van der Waals surface area contributed by atoms with Gasteiger partial charge in [0.15, 0.2) is 0 Å². The van der Waals surface area contributed by atoms with Crippen molar-refractivity contribution >= 4 is 49.3 Å². The van der Waals surface area contributed by atoms with Gasteiger partial charge < -0.3 is 0 Å². The summed E-state index contributed by atoms with van der Waals surface area (Å²) in [5, 5.41) is 0.492. The van der Waals surface area contributed by atoms with Crippen LogP contribution in [-0.4, -0.2) is 26.0 Å². The Kier molecular flexibility index (Phi) is 7.18. The molecule has 1 N–H and O–H groups in total. The Morgan fingerprint density at radius 3 is 2.74 bits per heavy atom. The average Bonchev–Trinajstić information content (AvgIpc) is 2.32. The maximum absolute atomic E-state index is 12.2. The molecular formula is C12H17BrClNO2S2. The zero-order chi connectivity index (χ0) is 14.5. The van der Waals surface area contributed by atoms with Crippen molar-refractivity contribution in [1.82, 2.24) is 4.72 Å². The first-order chi connectivity index (χ1) is 8.86. The number of rotatable bonds is 7. The Morgan fingerprint density at radius 1 is 1.47 bits per heavy atom. The SMILES string of the molecule is CCSCCC(C)NS(=O)(=O)c1ccc(Cl)c(Br)c1. The number of nitrogens with one attached hydrogen (secondary N) is 1. The van der Waals surface area contributed by atoms with Crippen molar-refractivity contribution in [3.8, 4) is 0 Å². The first-order valence-corrected chi connectivity index (χ1v) is 9.73. The van der Waals surface area contributed by atoms with Crippen LogP contribution < -0.4 is 4.72 Å². The van der Waals surface area contributed by atoms with Gasteiger partial charge in [-0.05, 0) is 59.0 Å². The molecule has 1 rings (SSSR count). The molecule has 1 atom stereocenters. The molecule has 1 unspecified atom stereocenters. The van der Waals surface area contributed by atoms with E-state index in [1.165, 1.54) is 12.1 Å². The molecule has 0 saturated carbocycles. The van der Waals surface area contributed by atoms with E-state index < -0.39 is 10.0 Å². The van der Waals surface area contributed by atoms with Gasteiger partial charge in [-0.2, -0.15) is 11.8 Å². The largest absolute Gasteiger partial charge is 0.240 e. The molecule has 3 nitrogen and oxygen atoms in total. The third-order valence-electron chi connectivity index (χ3n) is 2.46. The molecule has 0 aliphatic heterocycles. The van der Waals surface area contributed by atoms with Crippen LogP contribution in [0.5, 0.6) is 0 Å². The summed E-state index contributed by atoms with van der Waals surface area (Å²) in [6.07, 6.45) is 0.812. The molecule has 0 amide bonds. The van der Waals surface area contributed by atoms with Gasteiger partial charge in [0.25, 0.3) is 0 Å². The van der Waals surface area contributed by atoms with Crippen LogP contribution in [-0.2, 0) is 10.0 Å². The van der Waals surface area contributed by atoms with Crippen molar-refractivity contribution in [2.45, 2.75) is 31.2 Å². The zero-order valence-electron chi connectivity index (χ0n) is 10.8. The molecule has 0 aromatic heterocycles. The van der Waals surface area contributed by atoms with E-state index in [1.54, 1.807) is 17.8 Å². The van der Waals surface area contributed by atoms with Crippen LogP contribution in [0.15, 0.2) is 27.6 Å². The van der Waals surface area contributed by atoms with E-state index >= 15 is 0 Å². The first-order valence-electron chi connectivity index (χ1n) is 5.92. The number of hydrogen-bond acceptors (Lipinski definition) is 3. The molecule has 108 valence electrons. The molecule has 0 spiro atoms. The van der Waals surface area contributed by atoms with Crippen molar-refractivity contribution in [3.05, 3.63) is 27.7 Å². The number of benzene rings is 1. The fourth-order valence-electron chi connectivity index (χ4n) is 1.44. The number of sulfonamides is 1. The fraction of sp³-hybridized carbons (Fsp3) is 0.500. The molecule has 0 saturated heterocycles. The highest BCUT2D eigenvalue weighted by Crippen LogP contribution is 2.25. The summed E-state index contributed by atoms with van der Waals surface area (Å²) in [7, 11) is -3.48. The lowest BCUT2D eigenvalue weighted by atomic mass is 10.3. The smallest absolute Gasteiger partial charge is 0.208 e. The van der Waals surface area contributed by atoms with E-state index in [2.05, 4.69) is 27.6 Å². The third-order valence-corrected chi connectivity index (χ3v) is 6.19. The second kappa shape index (κ2) is 7.88. The Bertz CT molecular complexity index is 522. The van der Waals surface area contributed by atoms with Crippen molar-refractivity contribution < 1.29 is 8.42 Å². The van der Waals surface area contributed by atoms with Gasteiger partial charge in [0.1, 0.15) is 0 Å². The third kappa shape index (κ3) is 5.63. The van der Waals surface area contributed by atoms with E-state index in [9.17, 15) is 8.42 Å². The molecule has 0 heterocycles. The molecular weight excluding hydrogens is 370 g/mol. The molecule has 19 heavy (non-hydrogen) atoms. The van der Waals surface area contributed by atoms with Gasteiger partial charge in [-0.3, -0.25) is 0 Å². The fourth-order valence-corrected chi connectivity index (χ4v) is 4.20. The van der Waals surface area contributed by atoms with Gasteiger partial charge in [-0.1, -0.05) is 18.5 Å². The van der Waals surface area contributed by atoms with Gasteiger partial charge in [-0.15, -0.1) is 0 Å². The molecule has 0 radical (unpaired) electrons. The zero-order valence-corrected chi connectivity index (χ0v) is 14.8. The van der Waals surface area contributed by atoms with Crippen molar-refractivity contribution in [2.75, 3.05) is 11.5 Å². The Hall–Kier alpha value is 0.250. The van der Waals surface area contributed by atoms with Gasteiger partial charge in [0.05, 0.1) is 9.92 Å². The number of hydrogen-bond donors (Lipinski definition) is 1. The summed E-state index contributed by atoms with van der Waals surface area (Å²) in [6.45, 7) is 3.96. The van der Waals surface area contributed by atoms with Gasteiger partial charge in [-0.25, -0.2) is 13.1 Å². The van der Waals surface area contributed by atoms with Crippen LogP contribution in [0.4, 0.5) is 0 Å². The highest BCUT2D eigenvalue weighted by molar-refractivity contribution is 9.10. The standard InChI is InChI=1S/C12H17BrClNO2S2/c1-3-18-7-6-9(2)15-19(16,17)10-4-5-12(14)11(13)8-10/h4-5,8-9,15H,3,6-7H2,1-2H3. The molecule has 7 heteroatoms. The Labute approximate surface area is 132 Å². The maximum atomic E-state index is 12.2. The van der Waals surface area contributed by atoms with Crippen LogP contribution in [0.3, 0.4) is 0 Å². The lowest BCUT2D eigenvalue weighted by Crippen LogP contribution is -2.33. The van der Waals surface area contributed by atoms with Crippen molar-refractivity contribution in [3.63, 3.8) is 0 Å². The minimum Gasteiger partial charge on any atom is -0.208 e. The minimum atomic E-state index is -3.48. The maximum Gasteiger partial charge on any atom is 0.240 e. The highest BCUT2D eigenvalue weighted by Gasteiger charge is 2.18. The van der Waals surface area contributed by atoms with Gasteiger partial charge in [0, 0.05) is 10.5 Å². The first kappa shape index (κ1) is 17.3. The summed E-state index contributed by atoms with van der Waals surface area (Å²) in [6, 6.07) is 4.50. The van der Waals surface area contributed by atoms with Crippen molar-refractivity contribution in [2.24, 2.45) is 0 Å². The molecule has 0 aliphatic rings. The molecule has 1 aromatic carbocycles. The topological polar surface area (TPSA) is 46.2 Å². The number of thioether (sulfide) groups is 1. The van der Waals surface area contributed by atoms with Crippen LogP contribution in [0.25, 0.3) is 0 Å². The Morgan fingerprint density at radius 2 is 2.16 bits per heavy atom. The van der Waals surface area contributed by atoms with Crippen LogP contribution in [0.1, 0.15) is 20.3 Å². The van der Waals surface area contributed by atoms with Crippen molar-refractivity contribution in [1.29, 1.82) is 0 Å². The molecule has 0 fully saturated rings. The van der Waals surface area contributed by atoms with E-state index in [4.69, 9.17) is 11.6 Å². The van der Waals surface area contributed by atoms with E-state index in [-0.39, 0.29) is 10.9 Å². The van der Waals surface area contributed by atoms with Gasteiger partial charge >= 0.3 is 0 Å². The molecule has 1 aromatic rings. The average molecular weight is 387 g/mol. The van der Waals surface area contributed by atoms with E-state index in [0.29, 0.717) is 9.50 Å². The second-order valence-electron chi connectivity index (χ2n) is 4.08. The van der Waals surface area contributed by atoms with Crippen LogP contribution in [0, 0.1) is 0 Å². The minimum absolute atomic E-state index is 0.0847. The normalized spacial score (nSPS) is 13.5. The second-order valence-corrected chi connectivity index (χ2v) is 8.45. The number of halogens is 2. The monoisotopic (exact) mass is 385 g/mol. The molecule has 0 bridgehead atoms. The predicted octanol–water partition coefficient (Wildman–Crippen LogP) is 3.91. The lowest BCUT2D eigenvalue weighted by Gasteiger charge is -2.14. The summed E-state index contributed by atoms with van der Waals surface area (Å²) >= 11 is 10.9. The molecule has 0 aliphatic carbocycles. The highest BCUT2D eigenvalue weighted by atomic mass is 79.9. The van der Waals surface area contributed by atoms with Gasteiger partial charge in [0.2, 0.25) is 10.0 Å².